The average Bonchev–Trinajstić information content (AvgIpc) is 3.28. The van der Waals surface area contributed by atoms with Crippen molar-refractivity contribution in [1.82, 2.24) is 25.3 Å². The SMILES string of the molecule is O=C(NCc1cnn(-c2ccccc2)c1)N[C@@H]1CCN2CCCC[C@H]12. The monoisotopic (exact) mass is 339 g/mol. The third kappa shape index (κ3) is 3.69. The number of benzene rings is 1. The Morgan fingerprint density at radius 3 is 2.92 bits per heavy atom. The summed E-state index contributed by atoms with van der Waals surface area (Å²) < 4.78 is 1.83. The van der Waals surface area contributed by atoms with Gasteiger partial charge in [-0.15, -0.1) is 0 Å². The highest BCUT2D eigenvalue weighted by Gasteiger charge is 2.36. The average molecular weight is 339 g/mol. The lowest BCUT2D eigenvalue weighted by Crippen LogP contribution is -2.49. The minimum Gasteiger partial charge on any atom is -0.334 e. The van der Waals surface area contributed by atoms with E-state index in [0.717, 1.165) is 24.2 Å². The summed E-state index contributed by atoms with van der Waals surface area (Å²) in [5, 5.41) is 10.5. The van der Waals surface area contributed by atoms with Gasteiger partial charge < -0.3 is 10.6 Å². The zero-order valence-corrected chi connectivity index (χ0v) is 14.4. The van der Waals surface area contributed by atoms with Gasteiger partial charge in [0.25, 0.3) is 0 Å². The second kappa shape index (κ2) is 7.27. The summed E-state index contributed by atoms with van der Waals surface area (Å²) in [6.07, 6.45) is 8.58. The van der Waals surface area contributed by atoms with Gasteiger partial charge >= 0.3 is 6.03 Å². The van der Waals surface area contributed by atoms with Crippen LogP contribution in [0, 0.1) is 0 Å². The van der Waals surface area contributed by atoms with Gasteiger partial charge in [-0.25, -0.2) is 9.48 Å². The molecule has 3 heterocycles. The molecule has 2 amide bonds. The Morgan fingerprint density at radius 2 is 2.04 bits per heavy atom. The maximum absolute atomic E-state index is 12.3. The van der Waals surface area contributed by atoms with Crippen molar-refractivity contribution >= 4 is 6.03 Å². The lowest BCUT2D eigenvalue weighted by molar-refractivity contribution is 0.179. The van der Waals surface area contributed by atoms with Crippen molar-refractivity contribution in [3.8, 4) is 5.69 Å². The van der Waals surface area contributed by atoms with E-state index in [9.17, 15) is 4.79 Å². The fraction of sp³-hybridized carbons (Fsp3) is 0.474. The van der Waals surface area contributed by atoms with E-state index >= 15 is 0 Å². The Kier molecular flexibility index (Phi) is 4.70. The number of rotatable bonds is 4. The number of nitrogens with zero attached hydrogens (tertiary/aromatic N) is 3. The molecule has 1 aromatic carbocycles. The first kappa shape index (κ1) is 16.1. The maximum atomic E-state index is 12.3. The van der Waals surface area contributed by atoms with Crippen LogP contribution in [0.5, 0.6) is 0 Å². The van der Waals surface area contributed by atoms with Gasteiger partial charge in [-0.2, -0.15) is 5.10 Å². The zero-order valence-electron chi connectivity index (χ0n) is 14.4. The number of urea groups is 1. The van der Waals surface area contributed by atoms with Gasteiger partial charge in [0.15, 0.2) is 0 Å². The van der Waals surface area contributed by atoms with Crippen LogP contribution in [0.4, 0.5) is 4.79 Å². The Morgan fingerprint density at radius 1 is 1.16 bits per heavy atom. The Balaban J connectivity index is 1.28. The molecule has 25 heavy (non-hydrogen) atoms. The summed E-state index contributed by atoms with van der Waals surface area (Å²) >= 11 is 0. The third-order valence-corrected chi connectivity index (χ3v) is 5.28. The molecule has 2 atom stereocenters. The smallest absolute Gasteiger partial charge is 0.315 e. The van der Waals surface area contributed by atoms with Gasteiger partial charge in [-0.05, 0) is 37.9 Å². The van der Waals surface area contributed by atoms with Crippen LogP contribution in [-0.2, 0) is 6.54 Å². The molecule has 0 bridgehead atoms. The first-order valence-electron chi connectivity index (χ1n) is 9.17. The largest absolute Gasteiger partial charge is 0.334 e. The molecule has 132 valence electrons. The van der Waals surface area contributed by atoms with Gasteiger partial charge in [-0.1, -0.05) is 24.6 Å². The van der Waals surface area contributed by atoms with Crippen molar-refractivity contribution < 1.29 is 4.79 Å². The summed E-state index contributed by atoms with van der Waals surface area (Å²) in [7, 11) is 0. The lowest BCUT2D eigenvalue weighted by Gasteiger charge is -2.32. The molecule has 2 aromatic rings. The van der Waals surface area contributed by atoms with Gasteiger partial charge in [-0.3, -0.25) is 4.90 Å². The highest BCUT2D eigenvalue weighted by atomic mass is 16.2. The summed E-state index contributed by atoms with van der Waals surface area (Å²) in [6.45, 7) is 2.78. The molecular formula is C19H25N5O. The molecule has 4 rings (SSSR count). The molecule has 6 nitrogen and oxygen atoms in total. The molecule has 0 radical (unpaired) electrons. The topological polar surface area (TPSA) is 62.2 Å². The number of amides is 2. The third-order valence-electron chi connectivity index (χ3n) is 5.28. The minimum absolute atomic E-state index is 0.0788. The Bertz CT molecular complexity index is 714. The van der Waals surface area contributed by atoms with Crippen LogP contribution in [0.15, 0.2) is 42.7 Å². The summed E-state index contributed by atoms with van der Waals surface area (Å²) in [6, 6.07) is 10.7. The number of nitrogens with one attached hydrogen (secondary N) is 2. The van der Waals surface area contributed by atoms with Gasteiger partial charge in [0.05, 0.1) is 11.9 Å². The van der Waals surface area contributed by atoms with Gasteiger partial charge in [0, 0.05) is 36.9 Å². The fourth-order valence-electron chi connectivity index (χ4n) is 3.99. The van der Waals surface area contributed by atoms with E-state index in [1.165, 1.54) is 25.8 Å². The first-order valence-corrected chi connectivity index (χ1v) is 9.17. The molecule has 2 aliphatic rings. The van der Waals surface area contributed by atoms with Crippen molar-refractivity contribution in [3.63, 3.8) is 0 Å². The van der Waals surface area contributed by atoms with Crippen LogP contribution in [0.1, 0.15) is 31.2 Å². The highest BCUT2D eigenvalue weighted by molar-refractivity contribution is 5.74. The Hall–Kier alpha value is -2.34. The predicted octanol–water partition coefficient (Wildman–Crippen LogP) is 2.30. The van der Waals surface area contributed by atoms with Crippen molar-refractivity contribution in [3.05, 3.63) is 48.3 Å². The molecule has 2 aliphatic heterocycles. The van der Waals surface area contributed by atoms with E-state index in [-0.39, 0.29) is 12.1 Å². The zero-order chi connectivity index (χ0) is 17.1. The number of carbonyl (C=O) groups is 1. The van der Waals surface area contributed by atoms with Crippen molar-refractivity contribution in [1.29, 1.82) is 0 Å². The molecule has 0 spiro atoms. The number of carbonyl (C=O) groups excluding carboxylic acids is 1. The lowest BCUT2D eigenvalue weighted by atomic mass is 9.99. The molecular weight excluding hydrogens is 314 g/mol. The Labute approximate surface area is 148 Å². The molecule has 1 aromatic heterocycles. The molecule has 0 saturated carbocycles. The van der Waals surface area contributed by atoms with E-state index in [1.807, 2.05) is 41.2 Å². The first-order chi connectivity index (χ1) is 12.3. The molecule has 2 saturated heterocycles. The van der Waals surface area contributed by atoms with Crippen molar-refractivity contribution in [2.75, 3.05) is 13.1 Å². The van der Waals surface area contributed by atoms with Gasteiger partial charge in [0.2, 0.25) is 0 Å². The van der Waals surface area contributed by atoms with E-state index in [1.54, 1.807) is 6.20 Å². The van der Waals surface area contributed by atoms with Crippen LogP contribution in [0.2, 0.25) is 0 Å². The molecule has 6 heteroatoms. The van der Waals surface area contributed by atoms with Crippen molar-refractivity contribution in [2.45, 2.75) is 44.3 Å². The predicted molar refractivity (Wildman–Crippen MR) is 96.6 cm³/mol. The van der Waals surface area contributed by atoms with Crippen LogP contribution in [0.25, 0.3) is 5.69 Å². The normalized spacial score (nSPS) is 23.2. The maximum Gasteiger partial charge on any atom is 0.315 e. The number of para-hydroxylation sites is 1. The summed E-state index contributed by atoms with van der Waals surface area (Å²) in [4.78, 5) is 14.8. The van der Waals surface area contributed by atoms with E-state index in [4.69, 9.17) is 0 Å². The molecule has 2 N–H and O–H groups in total. The van der Waals surface area contributed by atoms with Crippen LogP contribution in [-0.4, -0.2) is 45.9 Å². The second-order valence-corrected chi connectivity index (χ2v) is 6.95. The molecule has 0 unspecified atom stereocenters. The van der Waals surface area contributed by atoms with E-state index < -0.39 is 0 Å². The minimum atomic E-state index is -0.0788. The standard InChI is InChI=1S/C19H25N5O/c25-19(22-17-9-11-23-10-5-4-8-18(17)23)20-12-15-13-21-24(14-15)16-6-2-1-3-7-16/h1-3,6-7,13-14,17-18H,4-5,8-12H2,(H2,20,22,25)/t17-,18-/m1/s1. The van der Waals surface area contributed by atoms with Crippen molar-refractivity contribution in [2.24, 2.45) is 0 Å². The van der Waals surface area contributed by atoms with E-state index in [0.29, 0.717) is 12.6 Å². The number of piperidine rings is 1. The van der Waals surface area contributed by atoms with Gasteiger partial charge in [0.1, 0.15) is 0 Å². The quantitative estimate of drug-likeness (QED) is 0.898. The molecule has 0 aliphatic carbocycles. The number of aromatic nitrogens is 2. The summed E-state index contributed by atoms with van der Waals surface area (Å²) in [5.74, 6) is 0. The van der Waals surface area contributed by atoms with E-state index in [2.05, 4.69) is 20.6 Å². The van der Waals surface area contributed by atoms with Crippen LogP contribution >= 0.6 is 0 Å². The summed E-state index contributed by atoms with van der Waals surface area (Å²) in [5.41, 5.74) is 2.01. The van der Waals surface area contributed by atoms with Crippen LogP contribution < -0.4 is 10.6 Å². The highest BCUT2D eigenvalue weighted by Crippen LogP contribution is 2.27. The number of hydrogen-bond acceptors (Lipinski definition) is 3. The number of hydrogen-bond donors (Lipinski definition) is 2. The fourth-order valence-corrected chi connectivity index (χ4v) is 3.99. The molecule has 2 fully saturated rings. The number of fused-ring (bicyclic) bond motifs is 1. The van der Waals surface area contributed by atoms with Crippen LogP contribution in [0.3, 0.4) is 0 Å². The second-order valence-electron chi connectivity index (χ2n) is 6.95.